The highest BCUT2D eigenvalue weighted by molar-refractivity contribution is 7.80. The third-order valence-electron chi connectivity index (χ3n) is 4.90. The minimum Gasteiger partial charge on any atom is -0.298 e. The number of carbonyl (C=O) groups is 1. The van der Waals surface area contributed by atoms with E-state index in [1.54, 1.807) is 43.8 Å². The lowest BCUT2D eigenvalue weighted by Crippen LogP contribution is -2.47. The van der Waals surface area contributed by atoms with Crippen LogP contribution in [0, 0.1) is 13.9 Å². The summed E-state index contributed by atoms with van der Waals surface area (Å²) in [5.74, 6) is -0.157. The highest BCUT2D eigenvalue weighted by Crippen LogP contribution is 2.51. The van der Waals surface area contributed by atoms with Crippen LogP contribution in [0.3, 0.4) is 0 Å². The molecule has 4 rings (SSSR count). The van der Waals surface area contributed by atoms with Gasteiger partial charge >= 0.3 is 0 Å². The number of hydrogen-bond donors (Lipinski definition) is 0. The number of amides is 1. The lowest BCUT2D eigenvalue weighted by molar-refractivity contribution is -0.384. The van der Waals surface area contributed by atoms with E-state index in [0.29, 0.717) is 0 Å². The maximum Gasteiger partial charge on any atom is 0.269 e. The quantitative estimate of drug-likeness (QED) is 0.155. The van der Waals surface area contributed by atoms with Gasteiger partial charge < -0.3 is 0 Å². The largest absolute Gasteiger partial charge is 0.298 e. The van der Waals surface area contributed by atoms with Crippen molar-refractivity contribution in [1.82, 2.24) is 0 Å². The third kappa shape index (κ3) is 3.33. The molecule has 1 aromatic heterocycles. The summed E-state index contributed by atoms with van der Waals surface area (Å²) >= 11 is 5.56. The van der Waals surface area contributed by atoms with Crippen LogP contribution in [0.15, 0.2) is 54.6 Å². The molecule has 29 heavy (non-hydrogen) atoms. The Morgan fingerprint density at radius 1 is 1.14 bits per heavy atom. The van der Waals surface area contributed by atoms with Crippen molar-refractivity contribution in [2.24, 2.45) is 0 Å². The molecule has 0 spiro atoms. The van der Waals surface area contributed by atoms with Crippen LogP contribution in [0.2, 0.25) is 0 Å². The van der Waals surface area contributed by atoms with Crippen LogP contribution in [0.25, 0.3) is 17.2 Å². The first-order valence-electron chi connectivity index (χ1n) is 8.80. The number of nitro benzene ring substituents is 1. The molecule has 3 aromatic rings. The number of fused-ring (bicyclic) bond motifs is 3. The zero-order valence-electron chi connectivity index (χ0n) is 15.6. The fourth-order valence-corrected chi connectivity index (χ4v) is 6.80. The summed E-state index contributed by atoms with van der Waals surface area (Å²) in [6.07, 6.45) is 3.19. The molecular formula is C21H16N2O3S3. The Labute approximate surface area is 180 Å². The molecule has 0 radical (unpaired) electrons. The molecule has 1 aliphatic heterocycles. The highest BCUT2D eigenvalue weighted by Gasteiger charge is 2.42. The van der Waals surface area contributed by atoms with E-state index < -0.39 is 10.5 Å². The maximum absolute atomic E-state index is 13.3. The van der Waals surface area contributed by atoms with Gasteiger partial charge in [-0.2, -0.15) is 0 Å². The molecule has 1 amide bonds. The second-order valence-electron chi connectivity index (χ2n) is 7.09. The number of nitro groups is 1. The van der Waals surface area contributed by atoms with Gasteiger partial charge in [-0.15, -0.1) is 0 Å². The summed E-state index contributed by atoms with van der Waals surface area (Å²) < 4.78 is 0.846. The molecule has 0 atom stereocenters. The topological polar surface area (TPSA) is 63.5 Å². The highest BCUT2D eigenvalue weighted by atomic mass is 32.9. The van der Waals surface area contributed by atoms with Gasteiger partial charge in [0, 0.05) is 29.3 Å². The van der Waals surface area contributed by atoms with Gasteiger partial charge in [0.1, 0.15) is 3.82 Å². The average Bonchev–Trinajstić information content (AvgIpc) is 3.09. The van der Waals surface area contributed by atoms with Crippen LogP contribution < -0.4 is 4.90 Å². The number of benzene rings is 2. The molecule has 0 saturated heterocycles. The molecule has 1 aliphatic rings. The van der Waals surface area contributed by atoms with Crippen molar-refractivity contribution < 1.29 is 9.72 Å². The normalized spacial score (nSPS) is 14.5. The molecule has 0 N–H and O–H groups in total. The van der Waals surface area contributed by atoms with Gasteiger partial charge in [0.2, 0.25) is 0 Å². The minimum atomic E-state index is -0.543. The number of carbonyl (C=O) groups excluding carboxylic acids is 1. The molecular weight excluding hydrogens is 424 g/mol. The monoisotopic (exact) mass is 440 g/mol. The molecule has 146 valence electrons. The third-order valence-corrected chi connectivity index (χ3v) is 8.23. The van der Waals surface area contributed by atoms with Crippen LogP contribution in [0.5, 0.6) is 0 Å². The van der Waals surface area contributed by atoms with Crippen LogP contribution in [-0.4, -0.2) is 10.8 Å². The second-order valence-corrected chi connectivity index (χ2v) is 9.91. The molecule has 8 heteroatoms. The molecule has 2 aromatic carbocycles. The SMILES string of the molecule is CC1(C)c2ssc(=S)c2-c2ccccc2N1C(=O)C=Cc1ccc([N+](=O)[O-])cc1. The van der Waals surface area contributed by atoms with Gasteiger partial charge in [-0.3, -0.25) is 19.8 Å². The van der Waals surface area contributed by atoms with Gasteiger partial charge in [0.15, 0.2) is 0 Å². The number of nitrogens with zero attached hydrogens (tertiary/aromatic N) is 2. The van der Waals surface area contributed by atoms with Gasteiger partial charge in [-0.05, 0) is 43.7 Å². The number of anilines is 1. The Kier molecular flexibility index (Phi) is 4.94. The Morgan fingerprint density at radius 3 is 2.52 bits per heavy atom. The minimum absolute atomic E-state index is 0.0192. The van der Waals surface area contributed by atoms with Gasteiger partial charge in [-0.25, -0.2) is 0 Å². The number of hydrogen-bond acceptors (Lipinski definition) is 6. The zero-order chi connectivity index (χ0) is 20.8. The number of non-ortho nitro benzene ring substituents is 1. The fourth-order valence-electron chi connectivity index (χ4n) is 3.52. The van der Waals surface area contributed by atoms with Crippen molar-refractivity contribution in [3.8, 4) is 11.1 Å². The first-order chi connectivity index (χ1) is 13.8. The predicted octanol–water partition coefficient (Wildman–Crippen LogP) is 6.41. The van der Waals surface area contributed by atoms with Crippen molar-refractivity contribution in [1.29, 1.82) is 0 Å². The van der Waals surface area contributed by atoms with E-state index in [0.717, 1.165) is 31.1 Å². The van der Waals surface area contributed by atoms with Gasteiger partial charge in [0.25, 0.3) is 11.6 Å². The van der Waals surface area contributed by atoms with Crippen molar-refractivity contribution in [2.75, 3.05) is 4.90 Å². The first kappa shape index (κ1) is 19.6. The van der Waals surface area contributed by atoms with Gasteiger partial charge in [-0.1, -0.05) is 51.1 Å². The summed E-state index contributed by atoms with van der Waals surface area (Å²) in [5.41, 5.74) is 3.06. The predicted molar refractivity (Wildman–Crippen MR) is 121 cm³/mol. The Hall–Kier alpha value is -2.68. The zero-order valence-corrected chi connectivity index (χ0v) is 18.1. The molecule has 0 fully saturated rings. The van der Waals surface area contributed by atoms with Crippen molar-refractivity contribution >= 4 is 56.3 Å². The lowest BCUT2D eigenvalue weighted by Gasteiger charge is -2.42. The molecule has 5 nitrogen and oxygen atoms in total. The van der Waals surface area contributed by atoms with Crippen molar-refractivity contribution in [2.45, 2.75) is 19.4 Å². The molecule has 2 heterocycles. The lowest BCUT2D eigenvalue weighted by atomic mass is 9.87. The van der Waals surface area contributed by atoms with E-state index in [4.69, 9.17) is 12.2 Å². The summed E-state index contributed by atoms with van der Waals surface area (Å²) in [7, 11) is 3.18. The van der Waals surface area contributed by atoms with E-state index in [1.807, 2.05) is 38.1 Å². The van der Waals surface area contributed by atoms with Crippen LogP contribution in [0.4, 0.5) is 11.4 Å². The Bertz CT molecular complexity index is 1210. The molecule has 0 aliphatic carbocycles. The van der Waals surface area contributed by atoms with E-state index >= 15 is 0 Å². The summed E-state index contributed by atoms with van der Waals surface area (Å²) in [4.78, 5) is 26.5. The standard InChI is InChI=1S/C21H16N2O3S3/c1-21(2)19-18(20(27)29-28-19)15-5-3-4-6-16(15)22(21)17(24)12-9-13-7-10-14(11-8-13)23(25)26/h3-12H,1-2H3. The Balaban J connectivity index is 1.73. The Morgan fingerprint density at radius 2 is 1.83 bits per heavy atom. The van der Waals surface area contributed by atoms with E-state index in [1.165, 1.54) is 18.2 Å². The summed E-state index contributed by atoms with van der Waals surface area (Å²) in [6.45, 7) is 4.05. The van der Waals surface area contributed by atoms with E-state index in [9.17, 15) is 14.9 Å². The van der Waals surface area contributed by atoms with Crippen molar-refractivity contribution in [3.63, 3.8) is 0 Å². The van der Waals surface area contributed by atoms with Gasteiger partial charge in [0.05, 0.1) is 21.0 Å². The van der Waals surface area contributed by atoms with E-state index in [2.05, 4.69) is 0 Å². The van der Waals surface area contributed by atoms with Crippen LogP contribution in [-0.2, 0) is 10.3 Å². The summed E-state index contributed by atoms with van der Waals surface area (Å²) in [6, 6.07) is 13.9. The smallest absolute Gasteiger partial charge is 0.269 e. The summed E-state index contributed by atoms with van der Waals surface area (Å²) in [5, 5.41) is 10.8. The molecule has 0 bridgehead atoms. The van der Waals surface area contributed by atoms with Crippen LogP contribution >= 0.6 is 32.9 Å². The van der Waals surface area contributed by atoms with Crippen molar-refractivity contribution in [3.05, 3.63) is 79.0 Å². The number of rotatable bonds is 3. The van der Waals surface area contributed by atoms with Crippen LogP contribution in [0.1, 0.15) is 24.3 Å². The molecule has 0 saturated carbocycles. The maximum atomic E-state index is 13.3. The average molecular weight is 441 g/mol. The van der Waals surface area contributed by atoms with E-state index in [-0.39, 0.29) is 11.6 Å². The second kappa shape index (κ2) is 7.29. The first-order valence-corrected chi connectivity index (χ1v) is 11.4. The molecule has 0 unspecified atom stereocenters. The number of para-hydroxylation sites is 1. The fraction of sp³-hybridized carbons (Fsp3) is 0.143.